The van der Waals surface area contributed by atoms with Gasteiger partial charge >= 0.3 is 10.4 Å². The minimum absolute atomic E-state index is 0.0136. The van der Waals surface area contributed by atoms with Crippen LogP contribution in [0.15, 0.2) is 0 Å². The smallest absolute Gasteiger partial charge is 0.327 e. The van der Waals surface area contributed by atoms with Gasteiger partial charge in [-0.05, 0) is 6.92 Å². The van der Waals surface area contributed by atoms with Gasteiger partial charge in [-0.2, -0.15) is 8.42 Å². The van der Waals surface area contributed by atoms with E-state index in [9.17, 15) is 8.42 Å². The van der Waals surface area contributed by atoms with E-state index in [1.165, 1.54) is 0 Å². The van der Waals surface area contributed by atoms with E-state index in [2.05, 4.69) is 4.18 Å². The quantitative estimate of drug-likeness (QED) is 0.495. The zero-order chi connectivity index (χ0) is 9.83. The number of likely N-dealkylation sites (N-methyl/N-ethyl adjacent to an activating group) is 1. The van der Waals surface area contributed by atoms with Gasteiger partial charge in [0.05, 0.1) is 20.6 Å². The summed E-state index contributed by atoms with van der Waals surface area (Å²) in [6.07, 6.45) is 0. The van der Waals surface area contributed by atoms with E-state index < -0.39 is 10.4 Å². The summed E-state index contributed by atoms with van der Waals surface area (Å²) in [6.45, 7) is 3.44. The van der Waals surface area contributed by atoms with Crippen molar-refractivity contribution in [3.05, 3.63) is 0 Å². The van der Waals surface area contributed by atoms with Gasteiger partial charge in [0.25, 0.3) is 0 Å². The number of hydrogen-bond acceptors (Lipinski definition) is 3. The van der Waals surface area contributed by atoms with Crippen molar-refractivity contribution in [2.45, 2.75) is 6.92 Å². The molecule has 0 amide bonds. The fraction of sp³-hybridized carbons (Fsp3) is 1.00. The fourth-order valence-electron chi connectivity index (χ4n) is 0.548. The summed E-state index contributed by atoms with van der Waals surface area (Å²) in [7, 11) is -0.361. The molecular weight excluding hydrogens is 182 g/mol. The molecule has 74 valence electrons. The van der Waals surface area contributed by atoms with Crippen LogP contribution in [-0.2, 0) is 14.6 Å². The summed E-state index contributed by atoms with van der Waals surface area (Å²) in [5.74, 6) is 0. The van der Waals surface area contributed by atoms with Gasteiger partial charge < -0.3 is 4.48 Å². The SMILES string of the molecule is CC[N+](C)(C)CCOS(=O)(=O)O. The highest BCUT2D eigenvalue weighted by molar-refractivity contribution is 7.80. The Morgan fingerprint density at radius 3 is 2.25 bits per heavy atom. The lowest BCUT2D eigenvalue weighted by Gasteiger charge is -2.27. The summed E-state index contributed by atoms with van der Waals surface area (Å²) >= 11 is 0. The molecule has 0 rings (SSSR count). The van der Waals surface area contributed by atoms with E-state index in [4.69, 9.17) is 4.55 Å². The summed E-state index contributed by atoms with van der Waals surface area (Å²) < 4.78 is 33.3. The summed E-state index contributed by atoms with van der Waals surface area (Å²) in [5, 5.41) is 0. The van der Waals surface area contributed by atoms with Gasteiger partial charge in [-0.3, -0.25) is 4.55 Å². The zero-order valence-corrected chi connectivity index (χ0v) is 8.47. The second-order valence-corrected chi connectivity index (χ2v) is 4.32. The van der Waals surface area contributed by atoms with Crippen LogP contribution in [0.1, 0.15) is 6.92 Å². The van der Waals surface area contributed by atoms with Gasteiger partial charge in [0, 0.05) is 0 Å². The lowest BCUT2D eigenvalue weighted by molar-refractivity contribution is -0.888. The van der Waals surface area contributed by atoms with Gasteiger partial charge in [-0.25, -0.2) is 4.18 Å². The molecule has 12 heavy (non-hydrogen) atoms. The molecule has 0 unspecified atom stereocenters. The molecule has 0 aromatic heterocycles. The van der Waals surface area contributed by atoms with Crippen LogP contribution in [0.4, 0.5) is 0 Å². The third kappa shape index (κ3) is 6.53. The average Bonchev–Trinajstić information content (AvgIpc) is 1.84. The molecule has 0 heterocycles. The van der Waals surface area contributed by atoms with Crippen LogP contribution in [0.5, 0.6) is 0 Å². The Balaban J connectivity index is 3.72. The van der Waals surface area contributed by atoms with Crippen molar-refractivity contribution < 1.29 is 21.6 Å². The second-order valence-electron chi connectivity index (χ2n) is 3.23. The molecule has 0 aliphatic carbocycles. The van der Waals surface area contributed by atoms with Crippen molar-refractivity contribution >= 4 is 10.4 Å². The fourth-order valence-corrected chi connectivity index (χ4v) is 0.833. The van der Waals surface area contributed by atoms with Crippen molar-refractivity contribution in [1.82, 2.24) is 0 Å². The van der Waals surface area contributed by atoms with Crippen LogP contribution in [0.3, 0.4) is 0 Å². The van der Waals surface area contributed by atoms with Crippen LogP contribution in [0.25, 0.3) is 0 Å². The first-order chi connectivity index (χ1) is 5.27. The number of quaternary nitrogens is 1. The normalized spacial score (nSPS) is 13.3. The standard InChI is InChI=1S/C6H15NO4S/c1-4-7(2,3)5-6-11-12(8,9)10/h4-6H2,1-3H3/p+1. The molecule has 0 saturated carbocycles. The Hall–Kier alpha value is -0.170. The molecule has 0 aliphatic rings. The summed E-state index contributed by atoms with van der Waals surface area (Å²) in [5.41, 5.74) is 0. The van der Waals surface area contributed by atoms with E-state index in [1.807, 2.05) is 21.0 Å². The number of hydrogen-bond donors (Lipinski definition) is 1. The van der Waals surface area contributed by atoms with Crippen LogP contribution >= 0.6 is 0 Å². The molecule has 0 saturated heterocycles. The molecule has 5 nitrogen and oxygen atoms in total. The minimum atomic E-state index is -4.26. The van der Waals surface area contributed by atoms with Gasteiger partial charge in [0.1, 0.15) is 13.2 Å². The minimum Gasteiger partial charge on any atom is -0.327 e. The van der Waals surface area contributed by atoms with E-state index in [0.29, 0.717) is 11.0 Å². The Bertz CT molecular complexity index is 222. The van der Waals surface area contributed by atoms with Gasteiger partial charge in [0.15, 0.2) is 0 Å². The lowest BCUT2D eigenvalue weighted by Crippen LogP contribution is -2.42. The maximum atomic E-state index is 10.1. The van der Waals surface area contributed by atoms with Crippen LogP contribution in [0.2, 0.25) is 0 Å². The molecule has 1 N–H and O–H groups in total. The number of nitrogens with zero attached hydrogens (tertiary/aromatic N) is 1. The highest BCUT2D eigenvalue weighted by Crippen LogP contribution is 1.96. The molecular formula is C6H16NO4S+. The molecule has 0 spiro atoms. The zero-order valence-electron chi connectivity index (χ0n) is 7.65. The van der Waals surface area contributed by atoms with E-state index in [0.717, 1.165) is 6.54 Å². The van der Waals surface area contributed by atoms with Gasteiger partial charge in [0.2, 0.25) is 0 Å². The predicted octanol–water partition coefficient (Wildman–Crippen LogP) is -0.0979. The monoisotopic (exact) mass is 198 g/mol. The average molecular weight is 198 g/mol. The predicted molar refractivity (Wildman–Crippen MR) is 45.0 cm³/mol. The molecule has 6 heteroatoms. The first-order valence-electron chi connectivity index (χ1n) is 3.71. The van der Waals surface area contributed by atoms with Crippen molar-refractivity contribution in [3.63, 3.8) is 0 Å². The molecule has 0 aliphatic heterocycles. The van der Waals surface area contributed by atoms with Gasteiger partial charge in [-0.15, -0.1) is 0 Å². The molecule has 0 radical (unpaired) electrons. The summed E-state index contributed by atoms with van der Waals surface area (Å²) in [6, 6.07) is 0. The lowest BCUT2D eigenvalue weighted by atomic mass is 10.4. The van der Waals surface area contributed by atoms with Crippen LogP contribution in [-0.4, -0.2) is 51.2 Å². The van der Waals surface area contributed by atoms with E-state index >= 15 is 0 Å². The number of rotatable bonds is 5. The first kappa shape index (κ1) is 11.8. The highest BCUT2D eigenvalue weighted by Gasteiger charge is 2.13. The molecule has 0 aromatic rings. The van der Waals surface area contributed by atoms with Crippen molar-refractivity contribution in [2.24, 2.45) is 0 Å². The van der Waals surface area contributed by atoms with Crippen LogP contribution < -0.4 is 0 Å². The molecule has 0 fully saturated rings. The maximum Gasteiger partial charge on any atom is 0.397 e. The third-order valence-corrected chi connectivity index (χ3v) is 2.25. The largest absolute Gasteiger partial charge is 0.397 e. The topological polar surface area (TPSA) is 63.6 Å². The molecule has 0 aromatic carbocycles. The third-order valence-electron chi connectivity index (χ3n) is 1.78. The Morgan fingerprint density at radius 1 is 1.42 bits per heavy atom. The van der Waals surface area contributed by atoms with E-state index in [-0.39, 0.29) is 6.61 Å². The maximum absolute atomic E-state index is 10.1. The van der Waals surface area contributed by atoms with Crippen LogP contribution in [0, 0.1) is 0 Å². The highest BCUT2D eigenvalue weighted by atomic mass is 32.3. The molecule has 0 bridgehead atoms. The Kier molecular flexibility index (Phi) is 4.12. The Labute approximate surface area is 73.5 Å². The Morgan fingerprint density at radius 2 is 1.92 bits per heavy atom. The van der Waals surface area contributed by atoms with Crippen molar-refractivity contribution in [3.8, 4) is 0 Å². The van der Waals surface area contributed by atoms with Gasteiger partial charge in [-0.1, -0.05) is 0 Å². The molecule has 0 atom stereocenters. The summed E-state index contributed by atoms with van der Waals surface area (Å²) in [4.78, 5) is 0. The van der Waals surface area contributed by atoms with Crippen molar-refractivity contribution in [1.29, 1.82) is 0 Å². The van der Waals surface area contributed by atoms with E-state index in [1.54, 1.807) is 0 Å². The second kappa shape index (κ2) is 4.18. The first-order valence-corrected chi connectivity index (χ1v) is 5.07. The van der Waals surface area contributed by atoms with Crippen molar-refractivity contribution in [2.75, 3.05) is 33.8 Å².